The van der Waals surface area contributed by atoms with Crippen LogP contribution in [0.3, 0.4) is 0 Å². The zero-order valence-corrected chi connectivity index (χ0v) is 41.0. The van der Waals surface area contributed by atoms with E-state index in [-0.39, 0.29) is 18.9 Å². The topological polar surface area (TPSA) is 192 Å². The molecule has 1 aliphatic rings. The summed E-state index contributed by atoms with van der Waals surface area (Å²) in [6.07, 6.45) is 38.2. The molecule has 1 saturated heterocycles. The number of carbonyl (C=O) groups excluding carboxylic acids is 1. The van der Waals surface area contributed by atoms with E-state index in [1.54, 1.807) is 6.08 Å². The summed E-state index contributed by atoms with van der Waals surface area (Å²) in [6.45, 7) is 3.41. The predicted molar refractivity (Wildman–Crippen MR) is 255 cm³/mol. The third kappa shape index (κ3) is 33.9. The molecule has 0 aromatic rings. The maximum Gasteiger partial charge on any atom is 0.397 e. The van der Waals surface area contributed by atoms with Gasteiger partial charge in [-0.2, -0.15) is 8.42 Å². The maximum atomic E-state index is 13.1. The van der Waals surface area contributed by atoms with Gasteiger partial charge in [0.05, 0.1) is 25.4 Å². The van der Waals surface area contributed by atoms with Crippen LogP contribution in [0.4, 0.5) is 0 Å². The van der Waals surface area contributed by atoms with E-state index in [1.807, 2.05) is 6.08 Å². The first kappa shape index (κ1) is 59.9. The normalized spacial score (nSPS) is 20.4. The van der Waals surface area contributed by atoms with Gasteiger partial charge in [-0.1, -0.05) is 231 Å². The van der Waals surface area contributed by atoms with Crippen LogP contribution in [0.15, 0.2) is 12.2 Å². The summed E-state index contributed by atoms with van der Waals surface area (Å²) < 4.78 is 47.7. The lowest BCUT2D eigenvalue weighted by Gasteiger charge is -2.41. The van der Waals surface area contributed by atoms with Crippen molar-refractivity contribution < 1.29 is 51.8 Å². The Bertz CT molecular complexity index is 1180. The predicted octanol–water partition coefficient (Wildman–Crippen LogP) is 11.1. The number of carbonyl (C=O) groups is 1. The van der Waals surface area contributed by atoms with E-state index in [9.17, 15) is 38.2 Å². The van der Waals surface area contributed by atoms with Crippen LogP contribution in [-0.2, 0) is 28.9 Å². The van der Waals surface area contributed by atoms with Gasteiger partial charge >= 0.3 is 10.4 Å². The van der Waals surface area contributed by atoms with Gasteiger partial charge in [-0.25, -0.2) is 4.18 Å². The van der Waals surface area contributed by atoms with Crippen LogP contribution < -0.4 is 5.32 Å². The summed E-state index contributed by atoms with van der Waals surface area (Å²) in [6, 6.07) is -0.938. The molecule has 0 aromatic heterocycles. The molecule has 1 heterocycles. The van der Waals surface area contributed by atoms with E-state index < -0.39 is 59.9 Å². The molecule has 7 unspecified atom stereocenters. The summed E-state index contributed by atoms with van der Waals surface area (Å²) in [4.78, 5) is 13.1. The highest BCUT2D eigenvalue weighted by atomic mass is 32.3. The molecule has 63 heavy (non-hydrogen) atoms. The molecule has 12 nitrogen and oxygen atoms in total. The Morgan fingerprint density at radius 2 is 1.00 bits per heavy atom. The van der Waals surface area contributed by atoms with Gasteiger partial charge in [-0.05, 0) is 19.3 Å². The Balaban J connectivity index is 2.40. The second-order valence-electron chi connectivity index (χ2n) is 18.5. The minimum Gasteiger partial charge on any atom is -0.394 e. The number of hydrogen-bond donors (Lipinski definition) is 6. The quantitative estimate of drug-likeness (QED) is 0.0193. The first-order valence-electron chi connectivity index (χ1n) is 26.1. The van der Waals surface area contributed by atoms with E-state index in [4.69, 9.17) is 9.47 Å². The number of rotatable bonds is 45. The molecular weight excluding hydrogens is 823 g/mol. The van der Waals surface area contributed by atoms with Crippen LogP contribution in [0.25, 0.3) is 0 Å². The van der Waals surface area contributed by atoms with Crippen molar-refractivity contribution >= 4 is 16.3 Å². The van der Waals surface area contributed by atoms with Crippen molar-refractivity contribution in [2.45, 2.75) is 288 Å². The summed E-state index contributed by atoms with van der Waals surface area (Å²) >= 11 is 0. The van der Waals surface area contributed by atoms with Crippen molar-refractivity contribution in [2.75, 3.05) is 13.2 Å². The van der Waals surface area contributed by atoms with Crippen molar-refractivity contribution in [3.63, 3.8) is 0 Å². The van der Waals surface area contributed by atoms with Crippen molar-refractivity contribution in [1.29, 1.82) is 0 Å². The van der Waals surface area contributed by atoms with Crippen molar-refractivity contribution in [3.05, 3.63) is 12.2 Å². The first-order valence-corrected chi connectivity index (χ1v) is 27.4. The molecule has 0 radical (unpaired) electrons. The molecule has 1 amide bonds. The van der Waals surface area contributed by atoms with Crippen LogP contribution in [0.2, 0.25) is 0 Å². The monoisotopic (exact) mass is 920 g/mol. The average molecular weight is 920 g/mol. The molecule has 1 aliphatic heterocycles. The van der Waals surface area contributed by atoms with Gasteiger partial charge in [-0.15, -0.1) is 0 Å². The fourth-order valence-corrected chi connectivity index (χ4v) is 9.02. The smallest absolute Gasteiger partial charge is 0.394 e. The fourth-order valence-electron chi connectivity index (χ4n) is 8.52. The van der Waals surface area contributed by atoms with E-state index >= 15 is 0 Å². The highest BCUT2D eigenvalue weighted by Gasteiger charge is 2.48. The molecule has 1 fully saturated rings. The molecule has 13 heteroatoms. The third-order valence-electron chi connectivity index (χ3n) is 12.6. The Morgan fingerprint density at radius 3 is 1.38 bits per heavy atom. The highest BCUT2D eigenvalue weighted by molar-refractivity contribution is 7.80. The van der Waals surface area contributed by atoms with Gasteiger partial charge in [0, 0.05) is 6.42 Å². The number of aliphatic hydroxyl groups is 4. The van der Waals surface area contributed by atoms with Gasteiger partial charge in [0.25, 0.3) is 0 Å². The van der Waals surface area contributed by atoms with Crippen molar-refractivity contribution in [1.82, 2.24) is 5.32 Å². The Hall–Kier alpha value is -1.16. The number of hydrogen-bond acceptors (Lipinski definition) is 10. The van der Waals surface area contributed by atoms with E-state index in [0.717, 1.165) is 38.5 Å². The highest BCUT2D eigenvalue weighted by Crippen LogP contribution is 2.26. The molecule has 0 aliphatic carbocycles. The maximum absolute atomic E-state index is 13.1. The van der Waals surface area contributed by atoms with Crippen LogP contribution in [0, 0.1) is 0 Å². The third-order valence-corrected chi connectivity index (χ3v) is 13.0. The molecule has 7 atom stereocenters. The molecule has 0 bridgehead atoms. The van der Waals surface area contributed by atoms with E-state index in [2.05, 4.69) is 23.3 Å². The molecule has 1 rings (SSSR count). The van der Waals surface area contributed by atoms with E-state index in [1.165, 1.54) is 180 Å². The summed E-state index contributed by atoms with van der Waals surface area (Å²) in [5, 5.41) is 44.8. The van der Waals surface area contributed by atoms with Crippen molar-refractivity contribution in [2.24, 2.45) is 0 Å². The standard InChI is InChI=1S/C50H97NO11S/c1-3-5-7-9-11-13-15-17-19-20-21-22-23-24-25-26-28-30-32-34-36-38-40-46(54)51-43(42-60-50-48(56)49(62-63(57,58)59)47(55)45(41-52)61-50)44(53)39-37-35-33-31-29-27-18-16-14-12-10-8-6-4-2/h37,39,43-45,47-50,52-53,55-56H,3-36,38,40-42H2,1-2H3,(H,51,54)(H,57,58,59)/b39-37+. The Kier molecular flexibility index (Phi) is 39.0. The van der Waals surface area contributed by atoms with Gasteiger partial charge < -0.3 is 35.2 Å². The van der Waals surface area contributed by atoms with Gasteiger partial charge in [0.1, 0.15) is 24.4 Å². The molecular formula is C50H97NO11S. The molecule has 0 spiro atoms. The largest absolute Gasteiger partial charge is 0.397 e. The minimum atomic E-state index is -5.08. The summed E-state index contributed by atoms with van der Waals surface area (Å²) in [7, 11) is -5.08. The molecule has 0 saturated carbocycles. The lowest BCUT2D eigenvalue weighted by Crippen LogP contribution is -2.61. The van der Waals surface area contributed by atoms with Crippen LogP contribution in [0.5, 0.6) is 0 Å². The summed E-state index contributed by atoms with van der Waals surface area (Å²) in [5.41, 5.74) is 0. The van der Waals surface area contributed by atoms with Crippen LogP contribution in [0.1, 0.15) is 245 Å². The average Bonchev–Trinajstić information content (AvgIpc) is 3.25. The molecule has 0 aromatic carbocycles. The lowest BCUT2D eigenvalue weighted by molar-refractivity contribution is -0.298. The second kappa shape index (κ2) is 41.1. The SMILES string of the molecule is CCCCCCCCCCCCCC/C=C/C(O)C(COC1OC(CO)C(O)C(OS(=O)(=O)O)C1O)NC(=O)CCCCCCCCCCCCCCCCCCCCCCCC. The molecule has 374 valence electrons. The van der Waals surface area contributed by atoms with Crippen LogP contribution >= 0.6 is 0 Å². The van der Waals surface area contributed by atoms with Gasteiger partial charge in [0.15, 0.2) is 6.29 Å². The fraction of sp³-hybridized carbons (Fsp3) is 0.940. The number of unbranched alkanes of at least 4 members (excludes halogenated alkanes) is 33. The van der Waals surface area contributed by atoms with Gasteiger partial charge in [0.2, 0.25) is 5.91 Å². The van der Waals surface area contributed by atoms with Crippen LogP contribution in [-0.4, -0.2) is 95.4 Å². The number of amides is 1. The van der Waals surface area contributed by atoms with Gasteiger partial charge in [-0.3, -0.25) is 9.35 Å². The first-order chi connectivity index (χ1) is 30.5. The van der Waals surface area contributed by atoms with E-state index in [0.29, 0.717) is 6.42 Å². The number of nitrogens with one attached hydrogen (secondary N) is 1. The zero-order chi connectivity index (χ0) is 46.2. The lowest BCUT2D eigenvalue weighted by atomic mass is 9.99. The minimum absolute atomic E-state index is 0.258. The summed E-state index contributed by atoms with van der Waals surface area (Å²) in [5.74, 6) is -0.258. The number of ether oxygens (including phenoxy) is 2. The number of allylic oxidation sites excluding steroid dienone is 1. The Morgan fingerprint density at radius 1 is 0.619 bits per heavy atom. The van der Waals surface area contributed by atoms with Crippen molar-refractivity contribution in [3.8, 4) is 0 Å². The Labute approximate surface area is 385 Å². The molecule has 6 N–H and O–H groups in total. The number of aliphatic hydroxyl groups excluding tert-OH is 4. The zero-order valence-electron chi connectivity index (χ0n) is 40.2. The second-order valence-corrected chi connectivity index (χ2v) is 19.5.